The van der Waals surface area contributed by atoms with Crippen LogP contribution in [0.25, 0.3) is 0 Å². The summed E-state index contributed by atoms with van der Waals surface area (Å²) in [6, 6.07) is -0.446. The summed E-state index contributed by atoms with van der Waals surface area (Å²) in [5.41, 5.74) is 5.15. The Morgan fingerprint density at radius 1 is 1.55 bits per heavy atom. The maximum atomic E-state index is 11.5. The molecule has 2 atom stereocenters. The Hall–Kier alpha value is -0.100. The molecule has 0 radical (unpaired) electrons. The monoisotopic (exact) mass is 189 g/mol. The summed E-state index contributed by atoms with van der Waals surface area (Å²) in [4.78, 5) is 0. The summed E-state index contributed by atoms with van der Waals surface area (Å²) in [7, 11) is -1.87. The van der Waals surface area contributed by atoms with Gasteiger partial charge in [0.1, 0.15) is 5.75 Å². The van der Waals surface area contributed by atoms with Gasteiger partial charge in [0, 0.05) is 22.6 Å². The van der Waals surface area contributed by atoms with Gasteiger partial charge in [0.25, 0.3) is 0 Å². The topological polar surface area (TPSA) is 43.1 Å². The van der Waals surface area contributed by atoms with Crippen LogP contribution in [0.5, 0.6) is 0 Å². The Morgan fingerprint density at radius 2 is 2.00 bits per heavy atom. The van der Waals surface area contributed by atoms with Crippen LogP contribution in [0.2, 0.25) is 0 Å². The molecule has 0 rings (SSSR count). The first-order valence-electron chi connectivity index (χ1n) is 2.98. The molecule has 6 heteroatoms. The minimum atomic E-state index is -4.35. The van der Waals surface area contributed by atoms with E-state index in [0.717, 1.165) is 0 Å². The van der Waals surface area contributed by atoms with Gasteiger partial charge in [-0.15, -0.1) is 0 Å². The quantitative estimate of drug-likeness (QED) is 0.708. The highest BCUT2D eigenvalue weighted by Gasteiger charge is 2.30. The number of hydrogen-bond acceptors (Lipinski definition) is 2. The first kappa shape index (κ1) is 10.9. The number of alkyl halides is 3. The van der Waals surface area contributed by atoms with Gasteiger partial charge in [-0.2, -0.15) is 13.2 Å². The molecule has 0 aromatic rings. The van der Waals surface area contributed by atoms with Gasteiger partial charge < -0.3 is 5.73 Å². The number of nitrogens with two attached hydrogens (primary N) is 1. The lowest BCUT2D eigenvalue weighted by Crippen LogP contribution is -2.28. The summed E-state index contributed by atoms with van der Waals surface area (Å²) >= 11 is 0. The van der Waals surface area contributed by atoms with Gasteiger partial charge in [-0.1, -0.05) is 0 Å². The third kappa shape index (κ3) is 7.80. The molecule has 0 fully saturated rings. The first-order chi connectivity index (χ1) is 4.81. The predicted octanol–water partition coefficient (Wildman–Crippen LogP) is 0.645. The molecule has 0 aliphatic rings. The van der Waals surface area contributed by atoms with Crippen LogP contribution in [0.15, 0.2) is 0 Å². The SMILES string of the molecule is CC(N)CS(=O)CC(F)(F)F. The molecule has 0 spiro atoms. The van der Waals surface area contributed by atoms with Crippen molar-refractivity contribution < 1.29 is 17.4 Å². The van der Waals surface area contributed by atoms with Crippen LogP contribution in [0.3, 0.4) is 0 Å². The average molecular weight is 189 g/mol. The molecule has 2 unspecified atom stereocenters. The Morgan fingerprint density at radius 3 is 2.27 bits per heavy atom. The Labute approximate surface area is 65.4 Å². The van der Waals surface area contributed by atoms with Crippen LogP contribution in [0, 0.1) is 0 Å². The second-order valence-corrected chi connectivity index (χ2v) is 3.84. The Bertz CT molecular complexity index is 145. The fraction of sp³-hybridized carbons (Fsp3) is 1.00. The largest absolute Gasteiger partial charge is 0.400 e. The molecule has 0 bridgehead atoms. The summed E-state index contributed by atoms with van der Waals surface area (Å²) in [6.07, 6.45) is -4.35. The van der Waals surface area contributed by atoms with Crippen LogP contribution >= 0.6 is 0 Å². The molecule has 0 heterocycles. The molecule has 0 aliphatic carbocycles. The standard InChI is InChI=1S/C5H10F3NOS/c1-4(9)2-11(10)3-5(6,7)8/h4H,2-3,9H2,1H3. The molecule has 0 aromatic heterocycles. The summed E-state index contributed by atoms with van der Waals surface area (Å²) in [5, 5.41) is 0. The van der Waals surface area contributed by atoms with E-state index in [-0.39, 0.29) is 5.75 Å². The number of hydrogen-bond donors (Lipinski definition) is 1. The van der Waals surface area contributed by atoms with E-state index in [1.54, 1.807) is 0 Å². The van der Waals surface area contributed by atoms with Crippen molar-refractivity contribution in [3.8, 4) is 0 Å². The maximum Gasteiger partial charge on any atom is 0.400 e. The van der Waals surface area contributed by atoms with Crippen LogP contribution in [-0.2, 0) is 10.8 Å². The summed E-state index contributed by atoms with van der Waals surface area (Å²) in [6.45, 7) is 1.52. The molecule has 0 aromatic carbocycles. The highest BCUT2D eigenvalue weighted by atomic mass is 32.2. The van der Waals surface area contributed by atoms with Crippen molar-refractivity contribution >= 4 is 10.8 Å². The Kier molecular flexibility index (Phi) is 4.02. The highest BCUT2D eigenvalue weighted by molar-refractivity contribution is 7.85. The van der Waals surface area contributed by atoms with Gasteiger partial charge in [-0.05, 0) is 6.92 Å². The second kappa shape index (κ2) is 4.06. The van der Waals surface area contributed by atoms with E-state index in [1.165, 1.54) is 6.92 Å². The van der Waals surface area contributed by atoms with Crippen molar-refractivity contribution in [3.05, 3.63) is 0 Å². The van der Waals surface area contributed by atoms with Crippen LogP contribution in [0.1, 0.15) is 6.92 Å². The molecular weight excluding hydrogens is 179 g/mol. The van der Waals surface area contributed by atoms with E-state index in [2.05, 4.69) is 0 Å². The van der Waals surface area contributed by atoms with Crippen LogP contribution in [-0.4, -0.2) is 27.9 Å². The second-order valence-electron chi connectivity index (χ2n) is 2.34. The summed E-state index contributed by atoms with van der Waals surface area (Å²) < 4.78 is 45.1. The third-order valence-corrected chi connectivity index (χ3v) is 2.32. The normalized spacial score (nSPS) is 17.9. The number of rotatable bonds is 3. The molecule has 2 N–H and O–H groups in total. The van der Waals surface area contributed by atoms with E-state index < -0.39 is 28.8 Å². The van der Waals surface area contributed by atoms with Crippen molar-refractivity contribution in [2.75, 3.05) is 11.5 Å². The lowest BCUT2D eigenvalue weighted by atomic mass is 10.4. The maximum absolute atomic E-state index is 11.5. The smallest absolute Gasteiger partial charge is 0.327 e. The zero-order valence-corrected chi connectivity index (χ0v) is 6.84. The van der Waals surface area contributed by atoms with E-state index in [0.29, 0.717) is 0 Å². The molecule has 0 saturated carbocycles. The summed E-state index contributed by atoms with van der Waals surface area (Å²) in [5.74, 6) is -1.35. The van der Waals surface area contributed by atoms with Crippen molar-refractivity contribution in [2.45, 2.75) is 19.1 Å². The van der Waals surface area contributed by atoms with E-state index in [1.807, 2.05) is 0 Å². The van der Waals surface area contributed by atoms with Crippen molar-refractivity contribution in [2.24, 2.45) is 5.73 Å². The van der Waals surface area contributed by atoms with Crippen molar-refractivity contribution in [1.29, 1.82) is 0 Å². The van der Waals surface area contributed by atoms with Crippen LogP contribution < -0.4 is 5.73 Å². The van der Waals surface area contributed by atoms with Crippen molar-refractivity contribution in [3.63, 3.8) is 0 Å². The molecule has 68 valence electrons. The molecule has 0 saturated heterocycles. The Balaban J connectivity index is 3.71. The third-order valence-electron chi connectivity index (χ3n) is 0.773. The minimum Gasteiger partial charge on any atom is -0.327 e. The minimum absolute atomic E-state index is 0.0977. The van der Waals surface area contributed by atoms with E-state index in [9.17, 15) is 17.4 Å². The van der Waals surface area contributed by atoms with Crippen LogP contribution in [0.4, 0.5) is 13.2 Å². The molecule has 2 nitrogen and oxygen atoms in total. The lowest BCUT2D eigenvalue weighted by Gasteiger charge is -2.07. The zero-order valence-electron chi connectivity index (χ0n) is 6.02. The average Bonchev–Trinajstić information content (AvgIpc) is 1.53. The lowest BCUT2D eigenvalue weighted by molar-refractivity contribution is -0.105. The number of halogens is 3. The zero-order chi connectivity index (χ0) is 9.07. The van der Waals surface area contributed by atoms with Gasteiger partial charge in [0.05, 0.1) is 0 Å². The fourth-order valence-corrected chi connectivity index (χ4v) is 1.60. The first-order valence-corrected chi connectivity index (χ1v) is 4.47. The van der Waals surface area contributed by atoms with Gasteiger partial charge in [-0.25, -0.2) is 0 Å². The molecule has 11 heavy (non-hydrogen) atoms. The van der Waals surface area contributed by atoms with E-state index >= 15 is 0 Å². The van der Waals surface area contributed by atoms with Gasteiger partial charge in [0.2, 0.25) is 0 Å². The van der Waals surface area contributed by atoms with Gasteiger partial charge in [0.15, 0.2) is 0 Å². The molecule has 0 amide bonds. The predicted molar refractivity (Wildman–Crippen MR) is 37.6 cm³/mol. The van der Waals surface area contributed by atoms with Gasteiger partial charge in [-0.3, -0.25) is 4.21 Å². The molecule has 0 aliphatic heterocycles. The van der Waals surface area contributed by atoms with Crippen molar-refractivity contribution in [1.82, 2.24) is 0 Å². The van der Waals surface area contributed by atoms with Gasteiger partial charge >= 0.3 is 6.18 Å². The van der Waals surface area contributed by atoms with E-state index in [4.69, 9.17) is 5.73 Å². The highest BCUT2D eigenvalue weighted by Crippen LogP contribution is 2.15. The fourth-order valence-electron chi connectivity index (χ4n) is 0.535. The molecular formula is C5H10F3NOS.